The zero-order chi connectivity index (χ0) is 16.7. The van der Waals surface area contributed by atoms with Crippen LogP contribution >= 0.6 is 0 Å². The lowest BCUT2D eigenvalue weighted by Crippen LogP contribution is -2.55. The molecular formula is C20H40O2Si. The van der Waals surface area contributed by atoms with Gasteiger partial charge in [0.15, 0.2) is 0 Å². The lowest BCUT2D eigenvalue weighted by atomic mass is 9.85. The maximum absolute atomic E-state index is 6.44. The fourth-order valence-electron chi connectivity index (χ4n) is 5.87. The Labute approximate surface area is 146 Å². The predicted octanol–water partition coefficient (Wildman–Crippen LogP) is 6.44. The monoisotopic (exact) mass is 340 g/mol. The van der Waals surface area contributed by atoms with Gasteiger partial charge in [0.25, 0.3) is 0 Å². The van der Waals surface area contributed by atoms with Crippen LogP contribution in [-0.2, 0) is 8.85 Å². The molecule has 0 aromatic heterocycles. The third-order valence-corrected chi connectivity index (χ3v) is 11.7. The fraction of sp³-hybridized carbons (Fsp3) is 1.00. The van der Waals surface area contributed by atoms with Crippen molar-refractivity contribution < 1.29 is 8.85 Å². The average molecular weight is 341 g/mol. The second kappa shape index (κ2) is 9.58. The van der Waals surface area contributed by atoms with Crippen LogP contribution in [0.3, 0.4) is 0 Å². The highest BCUT2D eigenvalue weighted by Crippen LogP contribution is 2.54. The summed E-state index contributed by atoms with van der Waals surface area (Å²) >= 11 is 0. The van der Waals surface area contributed by atoms with E-state index in [1.807, 2.05) is 14.2 Å². The van der Waals surface area contributed by atoms with E-state index in [9.17, 15) is 0 Å². The molecule has 2 nitrogen and oxygen atoms in total. The van der Waals surface area contributed by atoms with Crippen LogP contribution in [0.25, 0.3) is 0 Å². The molecule has 0 N–H and O–H groups in total. The molecule has 3 heteroatoms. The lowest BCUT2D eigenvalue weighted by Gasteiger charge is -2.49. The summed E-state index contributed by atoms with van der Waals surface area (Å²) in [5.41, 5.74) is 1.46. The molecule has 4 atom stereocenters. The van der Waals surface area contributed by atoms with Crippen LogP contribution in [0.15, 0.2) is 0 Å². The fourth-order valence-corrected chi connectivity index (χ4v) is 11.0. The summed E-state index contributed by atoms with van der Waals surface area (Å²) in [5, 5.41) is 0. The van der Waals surface area contributed by atoms with Crippen LogP contribution in [0, 0.1) is 11.8 Å². The van der Waals surface area contributed by atoms with E-state index in [1.165, 1.54) is 77.0 Å². The van der Waals surface area contributed by atoms with Gasteiger partial charge in [-0.3, -0.25) is 0 Å². The smallest absolute Gasteiger partial charge is 0.344 e. The summed E-state index contributed by atoms with van der Waals surface area (Å²) in [6.07, 6.45) is 16.5. The number of rotatable bonds is 8. The molecule has 2 aliphatic carbocycles. The summed E-state index contributed by atoms with van der Waals surface area (Å²) in [6.45, 7) is 4.68. The van der Waals surface area contributed by atoms with Gasteiger partial charge >= 0.3 is 8.56 Å². The van der Waals surface area contributed by atoms with Gasteiger partial charge in [-0.15, -0.1) is 0 Å². The van der Waals surface area contributed by atoms with E-state index >= 15 is 0 Å². The molecule has 0 saturated heterocycles. The molecule has 0 aromatic carbocycles. The third-order valence-electron chi connectivity index (χ3n) is 6.81. The van der Waals surface area contributed by atoms with Gasteiger partial charge < -0.3 is 8.85 Å². The van der Waals surface area contributed by atoms with Crippen molar-refractivity contribution in [2.24, 2.45) is 11.8 Å². The molecule has 0 spiro atoms. The quantitative estimate of drug-likeness (QED) is 0.473. The Bertz CT molecular complexity index is 298. The van der Waals surface area contributed by atoms with Crippen LogP contribution in [0.1, 0.15) is 90.9 Å². The van der Waals surface area contributed by atoms with E-state index in [-0.39, 0.29) is 0 Å². The second-order valence-electron chi connectivity index (χ2n) is 8.01. The molecule has 136 valence electrons. The van der Waals surface area contributed by atoms with Crippen molar-refractivity contribution in [1.29, 1.82) is 0 Å². The summed E-state index contributed by atoms with van der Waals surface area (Å²) in [4.78, 5) is 0. The van der Waals surface area contributed by atoms with E-state index in [4.69, 9.17) is 8.85 Å². The topological polar surface area (TPSA) is 18.5 Å². The first-order valence-electron chi connectivity index (χ1n) is 10.3. The van der Waals surface area contributed by atoms with Crippen molar-refractivity contribution in [2.45, 2.75) is 102 Å². The maximum atomic E-state index is 6.44. The highest BCUT2D eigenvalue weighted by atomic mass is 28.4. The summed E-state index contributed by atoms with van der Waals surface area (Å²) < 4.78 is 12.9. The van der Waals surface area contributed by atoms with E-state index < -0.39 is 8.56 Å². The highest BCUT2D eigenvalue weighted by Gasteiger charge is 2.56. The predicted molar refractivity (Wildman–Crippen MR) is 101 cm³/mol. The van der Waals surface area contributed by atoms with Gasteiger partial charge in [0.2, 0.25) is 0 Å². The lowest BCUT2D eigenvalue weighted by molar-refractivity contribution is 0.153. The Morgan fingerprint density at radius 2 is 1.09 bits per heavy atom. The molecule has 0 heterocycles. The van der Waals surface area contributed by atoms with E-state index in [0.717, 1.165) is 22.9 Å². The molecule has 0 bridgehead atoms. The highest BCUT2D eigenvalue weighted by molar-refractivity contribution is 6.70. The van der Waals surface area contributed by atoms with Crippen molar-refractivity contribution in [2.75, 3.05) is 14.2 Å². The Kier molecular flexibility index (Phi) is 8.10. The number of hydrogen-bond acceptors (Lipinski definition) is 2. The SMILES string of the molecule is CCCC1CCCCC1[Si](OC)(OC)C1CCCCC1CCC. The minimum absolute atomic E-state index is 0.730. The molecule has 2 rings (SSSR count). The van der Waals surface area contributed by atoms with Crippen molar-refractivity contribution in [3.05, 3.63) is 0 Å². The Morgan fingerprint density at radius 1 is 0.696 bits per heavy atom. The van der Waals surface area contributed by atoms with E-state index in [1.54, 1.807) is 0 Å². The van der Waals surface area contributed by atoms with E-state index in [0.29, 0.717) is 0 Å². The summed E-state index contributed by atoms with van der Waals surface area (Å²) in [6, 6.07) is 0. The first kappa shape index (κ1) is 19.5. The molecular weight excluding hydrogens is 300 g/mol. The van der Waals surface area contributed by atoms with Gasteiger partial charge in [0.1, 0.15) is 0 Å². The average Bonchev–Trinajstić information content (AvgIpc) is 2.59. The third kappa shape index (κ3) is 4.22. The summed E-state index contributed by atoms with van der Waals surface area (Å²) in [7, 11) is 1.81. The molecule has 4 unspecified atom stereocenters. The standard InChI is InChI=1S/C20H40O2Si/c1-5-11-17-13-7-9-15-19(17)23(21-3,22-4)20-16-10-8-14-18(20)12-6-2/h17-20H,5-16H2,1-4H3. The Balaban J connectivity index is 2.27. The van der Waals surface area contributed by atoms with Gasteiger partial charge in [-0.2, -0.15) is 0 Å². The molecule has 0 amide bonds. The number of hydrogen-bond donors (Lipinski definition) is 0. The van der Waals surface area contributed by atoms with Crippen molar-refractivity contribution in [1.82, 2.24) is 0 Å². The Morgan fingerprint density at radius 3 is 1.43 bits per heavy atom. The largest absolute Gasteiger partial charge is 0.397 e. The van der Waals surface area contributed by atoms with Gasteiger partial charge in [0, 0.05) is 25.3 Å². The molecule has 0 aromatic rings. The Hall–Kier alpha value is 0.137. The molecule has 2 saturated carbocycles. The normalized spacial score (nSPS) is 32.9. The first-order valence-corrected chi connectivity index (χ1v) is 12.3. The van der Waals surface area contributed by atoms with E-state index in [2.05, 4.69) is 13.8 Å². The van der Waals surface area contributed by atoms with Crippen LogP contribution in [-0.4, -0.2) is 22.8 Å². The molecule has 2 fully saturated rings. The zero-order valence-corrected chi connectivity index (χ0v) is 17.1. The van der Waals surface area contributed by atoms with Gasteiger partial charge in [0.05, 0.1) is 0 Å². The minimum atomic E-state index is -2.14. The second-order valence-corrected chi connectivity index (χ2v) is 11.8. The van der Waals surface area contributed by atoms with Gasteiger partial charge in [-0.1, -0.05) is 78.1 Å². The van der Waals surface area contributed by atoms with Crippen LogP contribution in [0.2, 0.25) is 11.1 Å². The summed E-state index contributed by atoms with van der Waals surface area (Å²) in [5.74, 6) is 1.70. The van der Waals surface area contributed by atoms with Crippen LogP contribution in [0.4, 0.5) is 0 Å². The van der Waals surface area contributed by atoms with Gasteiger partial charge in [-0.25, -0.2) is 0 Å². The van der Waals surface area contributed by atoms with Crippen molar-refractivity contribution in [3.8, 4) is 0 Å². The molecule has 2 aliphatic rings. The van der Waals surface area contributed by atoms with Crippen LogP contribution < -0.4 is 0 Å². The van der Waals surface area contributed by atoms with Gasteiger partial charge in [-0.05, 0) is 24.7 Å². The molecule has 0 aliphatic heterocycles. The zero-order valence-electron chi connectivity index (χ0n) is 16.1. The van der Waals surface area contributed by atoms with Crippen molar-refractivity contribution in [3.63, 3.8) is 0 Å². The minimum Gasteiger partial charge on any atom is -0.397 e. The molecule has 0 radical (unpaired) electrons. The maximum Gasteiger partial charge on any atom is 0.344 e. The van der Waals surface area contributed by atoms with Crippen LogP contribution in [0.5, 0.6) is 0 Å². The first-order chi connectivity index (χ1) is 11.2. The molecule has 23 heavy (non-hydrogen) atoms. The van der Waals surface area contributed by atoms with Crippen molar-refractivity contribution >= 4 is 8.56 Å².